The molecule has 0 radical (unpaired) electrons. The number of carbonyl (C=O) groups excluding carboxylic acids is 1. The summed E-state index contributed by atoms with van der Waals surface area (Å²) in [4.78, 5) is 37.8. The summed E-state index contributed by atoms with van der Waals surface area (Å²) in [6.45, 7) is 7.71. The first-order valence-corrected chi connectivity index (χ1v) is 14.9. The summed E-state index contributed by atoms with van der Waals surface area (Å²) in [5.74, 6) is -0.813. The van der Waals surface area contributed by atoms with E-state index >= 15 is 0 Å². The van der Waals surface area contributed by atoms with E-state index in [0.29, 0.717) is 39.2 Å². The number of aliphatic carboxylic acids is 2. The Labute approximate surface area is 256 Å². The fraction of sp³-hybridized carbons (Fsp3) is 0.314. The van der Waals surface area contributed by atoms with Crippen LogP contribution in [0.25, 0.3) is 21.5 Å². The fourth-order valence-corrected chi connectivity index (χ4v) is 6.49. The normalized spacial score (nSPS) is 17.1. The van der Waals surface area contributed by atoms with Crippen molar-refractivity contribution in [3.63, 3.8) is 0 Å². The predicted octanol–water partition coefficient (Wildman–Crippen LogP) is 4.94. The molecule has 0 saturated carbocycles. The van der Waals surface area contributed by atoms with Crippen molar-refractivity contribution < 1.29 is 33.9 Å². The largest absolute Gasteiger partial charge is 0.481 e. The van der Waals surface area contributed by atoms with Crippen LogP contribution >= 0.6 is 0 Å². The highest BCUT2D eigenvalue weighted by Crippen LogP contribution is 2.54. The highest BCUT2D eigenvalue weighted by atomic mass is 16.5. The van der Waals surface area contributed by atoms with Gasteiger partial charge in [0, 0.05) is 29.1 Å². The van der Waals surface area contributed by atoms with Gasteiger partial charge in [0.15, 0.2) is 0 Å². The summed E-state index contributed by atoms with van der Waals surface area (Å²) in [5.41, 5.74) is 2.87. The highest BCUT2D eigenvalue weighted by Gasteiger charge is 2.42. The standard InChI is InChI=1S/C35H37N3O6/c1-35(2)29(14-4-3-5-15-30-36(18-16-31(40)41)20-21-37(30)22-23-44-24-39)38(19-17-32(42)43)34-28-13-9-7-11-26(28)25-10-6-8-12-27(25)33(34)35/h3-15,24H,16-23H2,1-2H3,(H-,40,41,42,43)/p+1. The highest BCUT2D eigenvalue weighted by molar-refractivity contribution is 6.17. The van der Waals surface area contributed by atoms with Crippen LogP contribution in [0.15, 0.2) is 84.6 Å². The van der Waals surface area contributed by atoms with E-state index in [1.165, 1.54) is 10.9 Å². The van der Waals surface area contributed by atoms with Crippen molar-refractivity contribution in [2.24, 2.45) is 0 Å². The zero-order valence-electron chi connectivity index (χ0n) is 25.1. The molecule has 9 nitrogen and oxygen atoms in total. The Hall–Kier alpha value is -4.92. The molecule has 3 aromatic rings. The van der Waals surface area contributed by atoms with Gasteiger partial charge in [0.1, 0.15) is 26.2 Å². The van der Waals surface area contributed by atoms with Crippen LogP contribution in [-0.4, -0.2) is 83.3 Å². The van der Waals surface area contributed by atoms with E-state index in [2.05, 4.69) is 66.1 Å². The number of anilines is 1. The van der Waals surface area contributed by atoms with Crippen LogP contribution in [0.3, 0.4) is 0 Å². The van der Waals surface area contributed by atoms with Gasteiger partial charge < -0.3 is 19.8 Å². The molecule has 5 rings (SSSR count). The van der Waals surface area contributed by atoms with Crippen molar-refractivity contribution in [1.82, 2.24) is 4.90 Å². The smallest absolute Gasteiger partial charge is 0.307 e. The minimum absolute atomic E-state index is 0.00574. The Morgan fingerprint density at radius 1 is 0.909 bits per heavy atom. The van der Waals surface area contributed by atoms with Crippen molar-refractivity contribution in [3.05, 3.63) is 90.2 Å². The lowest BCUT2D eigenvalue weighted by molar-refractivity contribution is -0.516. The number of hydrogen-bond acceptors (Lipinski definition) is 6. The Morgan fingerprint density at radius 2 is 1.57 bits per heavy atom. The molecule has 2 aliphatic heterocycles. The molecule has 2 aliphatic rings. The molecule has 0 fully saturated rings. The fourth-order valence-electron chi connectivity index (χ4n) is 6.49. The average Bonchev–Trinajstić information content (AvgIpc) is 3.49. The molecule has 2 heterocycles. The minimum atomic E-state index is -0.851. The van der Waals surface area contributed by atoms with E-state index in [9.17, 15) is 24.6 Å². The monoisotopic (exact) mass is 596 g/mol. The van der Waals surface area contributed by atoms with Crippen molar-refractivity contribution in [2.45, 2.75) is 32.1 Å². The Balaban J connectivity index is 1.51. The summed E-state index contributed by atoms with van der Waals surface area (Å²) < 4.78 is 6.91. The summed E-state index contributed by atoms with van der Waals surface area (Å²) in [7, 11) is 0. The van der Waals surface area contributed by atoms with Gasteiger partial charge >= 0.3 is 11.9 Å². The van der Waals surface area contributed by atoms with Gasteiger partial charge in [-0.2, -0.15) is 0 Å². The number of ether oxygens (including phenoxy) is 1. The maximum absolute atomic E-state index is 11.7. The zero-order valence-corrected chi connectivity index (χ0v) is 25.1. The second kappa shape index (κ2) is 13.2. The molecular weight excluding hydrogens is 558 g/mol. The molecule has 0 bridgehead atoms. The van der Waals surface area contributed by atoms with Crippen LogP contribution < -0.4 is 4.90 Å². The van der Waals surface area contributed by atoms with Crippen LogP contribution in [0.5, 0.6) is 0 Å². The lowest BCUT2D eigenvalue weighted by Gasteiger charge is -2.26. The molecule has 0 spiro atoms. The topological polar surface area (TPSA) is 110 Å². The molecular formula is C35H38N3O6+. The van der Waals surface area contributed by atoms with Gasteiger partial charge in [-0.05, 0) is 27.8 Å². The number of amidine groups is 1. The van der Waals surface area contributed by atoms with Crippen molar-refractivity contribution in [3.8, 4) is 0 Å². The number of fused-ring (bicyclic) bond motifs is 6. The van der Waals surface area contributed by atoms with Crippen LogP contribution in [0.1, 0.15) is 32.3 Å². The lowest BCUT2D eigenvalue weighted by atomic mass is 9.80. The SMILES string of the molecule is CC1(C)/C(=C/C=C/C=C/C2=[N+](CCC(=O)O)CCN2CCOC=O)N(CCC(=O)O)c2c1c1ccccc1c1ccccc21. The van der Waals surface area contributed by atoms with E-state index in [-0.39, 0.29) is 19.4 Å². The second-order valence-electron chi connectivity index (χ2n) is 11.5. The van der Waals surface area contributed by atoms with Crippen molar-refractivity contribution in [2.75, 3.05) is 44.2 Å². The quantitative estimate of drug-likeness (QED) is 0.0940. The van der Waals surface area contributed by atoms with Gasteiger partial charge in [-0.25, -0.2) is 0 Å². The Morgan fingerprint density at radius 3 is 2.25 bits per heavy atom. The van der Waals surface area contributed by atoms with E-state index in [0.717, 1.165) is 33.4 Å². The number of nitrogens with zero attached hydrogens (tertiary/aromatic N) is 3. The average molecular weight is 597 g/mol. The summed E-state index contributed by atoms with van der Waals surface area (Å²) in [6.07, 6.45) is 9.86. The number of hydrogen-bond donors (Lipinski definition) is 2. The van der Waals surface area contributed by atoms with E-state index in [4.69, 9.17) is 4.74 Å². The molecule has 0 unspecified atom stereocenters. The number of carboxylic acids is 2. The maximum Gasteiger partial charge on any atom is 0.307 e. The van der Waals surface area contributed by atoms with Gasteiger partial charge in [0.2, 0.25) is 0 Å². The first-order chi connectivity index (χ1) is 21.2. The molecule has 0 aliphatic carbocycles. The first-order valence-electron chi connectivity index (χ1n) is 14.9. The molecule has 0 aromatic heterocycles. The van der Waals surface area contributed by atoms with E-state index in [1.54, 1.807) is 0 Å². The molecule has 3 aromatic carbocycles. The number of allylic oxidation sites excluding steroid dienone is 5. The number of benzene rings is 3. The van der Waals surface area contributed by atoms with Gasteiger partial charge in [0.05, 0.1) is 25.1 Å². The number of rotatable bonds is 13. The van der Waals surface area contributed by atoms with E-state index < -0.39 is 17.4 Å². The second-order valence-corrected chi connectivity index (χ2v) is 11.5. The predicted molar refractivity (Wildman–Crippen MR) is 171 cm³/mol. The minimum Gasteiger partial charge on any atom is -0.481 e. The summed E-state index contributed by atoms with van der Waals surface area (Å²) in [6, 6.07) is 16.7. The number of carbonyl (C=O) groups is 3. The molecule has 0 saturated heterocycles. The maximum atomic E-state index is 11.7. The molecule has 9 heteroatoms. The third kappa shape index (κ3) is 6.08. The van der Waals surface area contributed by atoms with Crippen LogP contribution in [-0.2, 0) is 24.5 Å². The number of carboxylic acid groups (broad SMARTS) is 2. The van der Waals surface area contributed by atoms with Gasteiger partial charge in [-0.3, -0.25) is 23.9 Å². The zero-order chi connectivity index (χ0) is 31.3. The molecule has 0 amide bonds. The van der Waals surface area contributed by atoms with Crippen LogP contribution in [0, 0.1) is 0 Å². The lowest BCUT2D eigenvalue weighted by Crippen LogP contribution is -2.31. The van der Waals surface area contributed by atoms with Gasteiger partial charge in [0.25, 0.3) is 12.3 Å². The Kier molecular flexibility index (Phi) is 9.13. The third-order valence-electron chi connectivity index (χ3n) is 8.43. The van der Waals surface area contributed by atoms with Gasteiger partial charge in [-0.15, -0.1) is 0 Å². The summed E-state index contributed by atoms with van der Waals surface area (Å²) >= 11 is 0. The van der Waals surface area contributed by atoms with E-state index in [1.807, 2.05) is 41.0 Å². The van der Waals surface area contributed by atoms with Crippen LogP contribution in [0.4, 0.5) is 5.69 Å². The Bertz CT molecular complexity index is 1720. The summed E-state index contributed by atoms with van der Waals surface area (Å²) in [5, 5.41) is 23.4. The third-order valence-corrected chi connectivity index (χ3v) is 8.43. The molecule has 44 heavy (non-hydrogen) atoms. The van der Waals surface area contributed by atoms with Gasteiger partial charge in [-0.1, -0.05) is 80.6 Å². The van der Waals surface area contributed by atoms with Crippen LogP contribution in [0.2, 0.25) is 0 Å². The van der Waals surface area contributed by atoms with Crippen molar-refractivity contribution in [1.29, 1.82) is 0 Å². The molecule has 2 N–H and O–H groups in total. The molecule has 0 atom stereocenters. The first kappa shape index (κ1) is 30.5. The van der Waals surface area contributed by atoms with Crippen molar-refractivity contribution >= 4 is 51.5 Å². The molecule has 228 valence electrons.